The highest BCUT2D eigenvalue weighted by molar-refractivity contribution is 6.30. The first-order chi connectivity index (χ1) is 15.6. The molecule has 1 aromatic heterocycles. The minimum Gasteiger partial charge on any atom is -0.485 e. The Hall–Kier alpha value is -2.95. The summed E-state index contributed by atoms with van der Waals surface area (Å²) in [6.07, 6.45) is 2.55. The second-order valence-electron chi connectivity index (χ2n) is 7.81. The Morgan fingerprint density at radius 2 is 1.47 bits per heavy atom. The van der Waals surface area contributed by atoms with Crippen LogP contribution in [0.1, 0.15) is 28.7 Å². The van der Waals surface area contributed by atoms with Crippen LogP contribution >= 0.6 is 23.2 Å². The Bertz CT molecular complexity index is 1360. The van der Waals surface area contributed by atoms with Crippen molar-refractivity contribution in [3.05, 3.63) is 103 Å². The summed E-state index contributed by atoms with van der Waals surface area (Å²) >= 11 is 12.2. The predicted octanol–water partition coefficient (Wildman–Crippen LogP) is 6.75. The molecular formula is C26H20Cl2O4. The number of aryl methyl sites for hydroxylation is 1. The first-order valence-electron chi connectivity index (χ1n) is 10.4. The van der Waals surface area contributed by atoms with E-state index in [1.165, 1.54) is 0 Å². The summed E-state index contributed by atoms with van der Waals surface area (Å²) in [7, 11) is 0. The van der Waals surface area contributed by atoms with Gasteiger partial charge in [-0.05, 0) is 72.4 Å². The van der Waals surface area contributed by atoms with Gasteiger partial charge < -0.3 is 13.9 Å². The fraction of sp³-hybridized carbons (Fsp3) is 0.192. The third-order valence-electron chi connectivity index (χ3n) is 5.62. The van der Waals surface area contributed by atoms with E-state index in [1.54, 1.807) is 0 Å². The average molecular weight is 467 g/mol. The van der Waals surface area contributed by atoms with E-state index in [2.05, 4.69) is 0 Å². The van der Waals surface area contributed by atoms with Crippen LogP contribution in [0, 0.1) is 0 Å². The quantitative estimate of drug-likeness (QED) is 0.295. The molecule has 0 saturated heterocycles. The number of hydrogen-bond acceptors (Lipinski definition) is 4. The van der Waals surface area contributed by atoms with Crippen molar-refractivity contribution >= 4 is 34.2 Å². The van der Waals surface area contributed by atoms with Gasteiger partial charge in [-0.2, -0.15) is 0 Å². The van der Waals surface area contributed by atoms with E-state index in [4.69, 9.17) is 37.1 Å². The van der Waals surface area contributed by atoms with Crippen molar-refractivity contribution in [2.45, 2.75) is 32.5 Å². The zero-order chi connectivity index (χ0) is 22.1. The van der Waals surface area contributed by atoms with Crippen LogP contribution in [-0.4, -0.2) is 0 Å². The maximum absolute atomic E-state index is 12.6. The first kappa shape index (κ1) is 20.9. The highest BCUT2D eigenvalue weighted by atomic mass is 35.5. The van der Waals surface area contributed by atoms with Gasteiger partial charge in [-0.3, -0.25) is 0 Å². The summed E-state index contributed by atoms with van der Waals surface area (Å²) < 4.78 is 18.0. The molecule has 1 heterocycles. The lowest BCUT2D eigenvalue weighted by atomic mass is 10.1. The van der Waals surface area contributed by atoms with Crippen LogP contribution in [0.15, 0.2) is 69.9 Å². The van der Waals surface area contributed by atoms with E-state index in [-0.39, 0.29) is 12.2 Å². The first-order valence-corrected chi connectivity index (χ1v) is 11.2. The molecule has 4 aromatic rings. The zero-order valence-corrected chi connectivity index (χ0v) is 18.7. The molecule has 0 N–H and O–H groups in total. The van der Waals surface area contributed by atoms with Crippen molar-refractivity contribution in [2.75, 3.05) is 0 Å². The number of fused-ring (bicyclic) bond motifs is 3. The molecule has 5 rings (SSSR count). The summed E-state index contributed by atoms with van der Waals surface area (Å²) in [6.45, 7) is 0.558. The van der Waals surface area contributed by atoms with Crippen molar-refractivity contribution in [2.24, 2.45) is 0 Å². The lowest BCUT2D eigenvalue weighted by Gasteiger charge is -2.16. The Kier molecular flexibility index (Phi) is 5.81. The maximum atomic E-state index is 12.6. The summed E-state index contributed by atoms with van der Waals surface area (Å²) in [5.74, 6) is 0.914. The molecule has 0 saturated carbocycles. The van der Waals surface area contributed by atoms with Gasteiger partial charge in [-0.15, -0.1) is 0 Å². The number of halogens is 2. The molecule has 0 fully saturated rings. The van der Waals surface area contributed by atoms with E-state index in [0.29, 0.717) is 33.7 Å². The van der Waals surface area contributed by atoms with Gasteiger partial charge in [0.15, 0.2) is 11.3 Å². The molecule has 4 nitrogen and oxygen atoms in total. The van der Waals surface area contributed by atoms with Crippen molar-refractivity contribution in [1.82, 2.24) is 0 Å². The standard InChI is InChI=1S/C26H20Cl2O4/c27-18-6-1-4-16(12-18)14-30-23-11-10-21-20-8-3-9-22(20)26(29)32-24(21)25(23)31-15-17-5-2-7-19(28)13-17/h1-2,4-7,10-13H,3,8-9,14-15H2. The lowest BCUT2D eigenvalue weighted by Crippen LogP contribution is -2.08. The maximum Gasteiger partial charge on any atom is 0.339 e. The van der Waals surface area contributed by atoms with Gasteiger partial charge >= 0.3 is 5.63 Å². The molecule has 0 bridgehead atoms. The molecule has 1 aliphatic rings. The van der Waals surface area contributed by atoms with Crippen LogP contribution in [0.25, 0.3) is 11.0 Å². The molecule has 32 heavy (non-hydrogen) atoms. The molecule has 0 radical (unpaired) electrons. The van der Waals surface area contributed by atoms with Crippen molar-refractivity contribution in [1.29, 1.82) is 0 Å². The fourth-order valence-electron chi connectivity index (χ4n) is 4.12. The van der Waals surface area contributed by atoms with Gasteiger partial charge in [0, 0.05) is 21.0 Å². The molecule has 6 heteroatoms. The SMILES string of the molecule is O=c1oc2c(OCc3cccc(Cl)c3)c(OCc3cccc(Cl)c3)ccc2c2c1CCC2. The topological polar surface area (TPSA) is 48.7 Å². The summed E-state index contributed by atoms with van der Waals surface area (Å²) in [4.78, 5) is 12.6. The van der Waals surface area contributed by atoms with E-state index in [1.807, 2.05) is 60.7 Å². The van der Waals surface area contributed by atoms with E-state index in [0.717, 1.165) is 46.9 Å². The molecular weight excluding hydrogens is 447 g/mol. The number of rotatable bonds is 6. The Morgan fingerprint density at radius 1 is 0.812 bits per heavy atom. The smallest absolute Gasteiger partial charge is 0.339 e. The van der Waals surface area contributed by atoms with Crippen LogP contribution in [0.5, 0.6) is 11.5 Å². The van der Waals surface area contributed by atoms with Crippen LogP contribution in [0.3, 0.4) is 0 Å². The summed E-state index contributed by atoms with van der Waals surface area (Å²) in [5.41, 5.74) is 3.76. The third kappa shape index (κ3) is 4.21. The fourth-order valence-corrected chi connectivity index (χ4v) is 4.55. The molecule has 3 aromatic carbocycles. The predicted molar refractivity (Wildman–Crippen MR) is 126 cm³/mol. The second-order valence-corrected chi connectivity index (χ2v) is 8.68. The molecule has 0 spiro atoms. The number of hydrogen-bond donors (Lipinski definition) is 0. The van der Waals surface area contributed by atoms with E-state index >= 15 is 0 Å². The Morgan fingerprint density at radius 3 is 2.16 bits per heavy atom. The summed E-state index contributed by atoms with van der Waals surface area (Å²) in [5, 5.41) is 2.17. The van der Waals surface area contributed by atoms with E-state index in [9.17, 15) is 4.79 Å². The van der Waals surface area contributed by atoms with Crippen molar-refractivity contribution in [3.8, 4) is 11.5 Å². The normalized spacial score (nSPS) is 12.7. The molecule has 0 unspecified atom stereocenters. The molecule has 1 aliphatic carbocycles. The number of benzene rings is 3. The highest BCUT2D eigenvalue weighted by Crippen LogP contribution is 2.39. The van der Waals surface area contributed by atoms with Crippen LogP contribution < -0.4 is 15.1 Å². The largest absolute Gasteiger partial charge is 0.485 e. The zero-order valence-electron chi connectivity index (χ0n) is 17.2. The average Bonchev–Trinajstić information content (AvgIpc) is 3.28. The van der Waals surface area contributed by atoms with Crippen LogP contribution in [0.2, 0.25) is 10.0 Å². The number of ether oxygens (including phenoxy) is 2. The minimum atomic E-state index is -0.301. The van der Waals surface area contributed by atoms with Crippen molar-refractivity contribution in [3.63, 3.8) is 0 Å². The lowest BCUT2D eigenvalue weighted by molar-refractivity contribution is 0.255. The van der Waals surface area contributed by atoms with Gasteiger partial charge in [-0.25, -0.2) is 4.79 Å². The molecule has 162 valence electrons. The molecule has 0 aliphatic heterocycles. The van der Waals surface area contributed by atoms with Gasteiger partial charge in [0.2, 0.25) is 5.75 Å². The van der Waals surface area contributed by atoms with Gasteiger partial charge in [0.1, 0.15) is 13.2 Å². The Balaban J connectivity index is 1.54. The van der Waals surface area contributed by atoms with E-state index < -0.39 is 0 Å². The third-order valence-corrected chi connectivity index (χ3v) is 6.09. The molecule has 0 atom stereocenters. The Labute approximate surface area is 195 Å². The monoisotopic (exact) mass is 466 g/mol. The van der Waals surface area contributed by atoms with Crippen molar-refractivity contribution < 1.29 is 13.9 Å². The second kappa shape index (κ2) is 8.89. The van der Waals surface area contributed by atoms with Gasteiger partial charge in [0.05, 0.1) is 0 Å². The summed E-state index contributed by atoms with van der Waals surface area (Å²) in [6, 6.07) is 18.7. The van der Waals surface area contributed by atoms with Crippen LogP contribution in [0.4, 0.5) is 0 Å². The molecule has 0 amide bonds. The van der Waals surface area contributed by atoms with Crippen LogP contribution in [-0.2, 0) is 26.1 Å². The highest BCUT2D eigenvalue weighted by Gasteiger charge is 2.23. The van der Waals surface area contributed by atoms with Gasteiger partial charge in [-0.1, -0.05) is 47.5 Å². The van der Waals surface area contributed by atoms with Gasteiger partial charge in [0.25, 0.3) is 0 Å². The minimum absolute atomic E-state index is 0.258.